The summed E-state index contributed by atoms with van der Waals surface area (Å²) in [6.07, 6.45) is 0. The summed E-state index contributed by atoms with van der Waals surface area (Å²) in [5.41, 5.74) is 2.21. The van der Waals surface area contributed by atoms with Gasteiger partial charge in [-0.2, -0.15) is 0 Å². The first-order valence-corrected chi connectivity index (χ1v) is 7.15. The number of methoxy groups -OCH3 is 1. The minimum atomic E-state index is -0.0589. The van der Waals surface area contributed by atoms with Crippen LogP contribution < -0.4 is 9.47 Å². The standard InChI is InChI=1S/C18H21NO3/c1-14-4-8-17(9-5-14)22-13-18(20)19(2)12-15-6-10-16(21-3)11-7-15/h4-11H,12-13H2,1-3H3. The highest BCUT2D eigenvalue weighted by molar-refractivity contribution is 5.77. The summed E-state index contributed by atoms with van der Waals surface area (Å²) in [6.45, 7) is 2.59. The molecule has 0 spiro atoms. The Morgan fingerprint density at radius 3 is 2.18 bits per heavy atom. The molecule has 0 N–H and O–H groups in total. The van der Waals surface area contributed by atoms with Crippen LogP contribution in [0.2, 0.25) is 0 Å². The molecule has 0 saturated heterocycles. The normalized spacial score (nSPS) is 10.1. The van der Waals surface area contributed by atoms with Gasteiger partial charge in [-0.25, -0.2) is 0 Å². The second-order valence-electron chi connectivity index (χ2n) is 5.20. The highest BCUT2D eigenvalue weighted by atomic mass is 16.5. The third-order valence-electron chi connectivity index (χ3n) is 3.39. The van der Waals surface area contributed by atoms with E-state index >= 15 is 0 Å². The van der Waals surface area contributed by atoms with Crippen LogP contribution in [-0.4, -0.2) is 31.6 Å². The third-order valence-corrected chi connectivity index (χ3v) is 3.39. The number of benzene rings is 2. The van der Waals surface area contributed by atoms with E-state index in [9.17, 15) is 4.79 Å². The molecule has 0 fully saturated rings. The lowest BCUT2D eigenvalue weighted by Gasteiger charge is -2.17. The lowest BCUT2D eigenvalue weighted by molar-refractivity contribution is -0.132. The molecule has 0 bridgehead atoms. The predicted octanol–water partition coefficient (Wildman–Crippen LogP) is 3.04. The van der Waals surface area contributed by atoms with Crippen LogP contribution in [0.1, 0.15) is 11.1 Å². The third kappa shape index (κ3) is 4.52. The molecule has 0 atom stereocenters. The van der Waals surface area contributed by atoms with E-state index in [2.05, 4.69) is 0 Å². The van der Waals surface area contributed by atoms with Gasteiger partial charge in [-0.05, 0) is 36.8 Å². The fourth-order valence-corrected chi connectivity index (χ4v) is 1.98. The van der Waals surface area contributed by atoms with Gasteiger partial charge in [-0.1, -0.05) is 29.8 Å². The Balaban J connectivity index is 1.84. The van der Waals surface area contributed by atoms with Crippen molar-refractivity contribution in [3.8, 4) is 11.5 Å². The zero-order valence-corrected chi connectivity index (χ0v) is 13.2. The van der Waals surface area contributed by atoms with E-state index in [0.29, 0.717) is 12.3 Å². The van der Waals surface area contributed by atoms with Gasteiger partial charge in [0, 0.05) is 13.6 Å². The number of carbonyl (C=O) groups excluding carboxylic acids is 1. The van der Waals surface area contributed by atoms with Crippen molar-refractivity contribution in [3.63, 3.8) is 0 Å². The predicted molar refractivity (Wildman–Crippen MR) is 86.1 cm³/mol. The molecule has 0 aromatic heterocycles. The average molecular weight is 299 g/mol. The van der Waals surface area contributed by atoms with E-state index in [0.717, 1.165) is 16.9 Å². The van der Waals surface area contributed by atoms with E-state index in [1.165, 1.54) is 0 Å². The smallest absolute Gasteiger partial charge is 0.260 e. The van der Waals surface area contributed by atoms with Crippen LogP contribution in [-0.2, 0) is 11.3 Å². The summed E-state index contributed by atoms with van der Waals surface area (Å²) >= 11 is 0. The first-order chi connectivity index (χ1) is 10.6. The molecule has 0 saturated carbocycles. The number of hydrogen-bond acceptors (Lipinski definition) is 3. The van der Waals surface area contributed by atoms with Crippen molar-refractivity contribution in [2.45, 2.75) is 13.5 Å². The largest absolute Gasteiger partial charge is 0.497 e. The molecule has 4 nitrogen and oxygen atoms in total. The molecule has 0 aliphatic heterocycles. The second kappa shape index (κ2) is 7.50. The van der Waals surface area contributed by atoms with Crippen molar-refractivity contribution in [3.05, 3.63) is 59.7 Å². The molecule has 2 aromatic carbocycles. The summed E-state index contributed by atoms with van der Waals surface area (Å²) < 4.78 is 10.6. The molecular weight excluding hydrogens is 278 g/mol. The zero-order chi connectivity index (χ0) is 15.9. The fourth-order valence-electron chi connectivity index (χ4n) is 1.98. The lowest BCUT2D eigenvalue weighted by atomic mass is 10.2. The second-order valence-corrected chi connectivity index (χ2v) is 5.20. The number of ether oxygens (including phenoxy) is 2. The highest BCUT2D eigenvalue weighted by Gasteiger charge is 2.10. The maximum Gasteiger partial charge on any atom is 0.260 e. The molecule has 116 valence electrons. The molecule has 2 aromatic rings. The molecule has 0 heterocycles. The number of nitrogens with zero attached hydrogens (tertiary/aromatic N) is 1. The zero-order valence-electron chi connectivity index (χ0n) is 13.2. The van der Waals surface area contributed by atoms with Gasteiger partial charge in [-0.3, -0.25) is 4.79 Å². The van der Waals surface area contributed by atoms with E-state index in [-0.39, 0.29) is 12.5 Å². The van der Waals surface area contributed by atoms with Crippen LogP contribution in [0.15, 0.2) is 48.5 Å². The summed E-state index contributed by atoms with van der Waals surface area (Å²) in [5, 5.41) is 0. The first kappa shape index (κ1) is 15.9. The van der Waals surface area contributed by atoms with Gasteiger partial charge in [0.2, 0.25) is 0 Å². The van der Waals surface area contributed by atoms with E-state index < -0.39 is 0 Å². The maximum atomic E-state index is 12.1. The number of hydrogen-bond donors (Lipinski definition) is 0. The molecule has 0 unspecified atom stereocenters. The van der Waals surface area contributed by atoms with Gasteiger partial charge in [0.05, 0.1) is 7.11 Å². The Hall–Kier alpha value is -2.49. The van der Waals surface area contributed by atoms with Crippen LogP contribution in [0.25, 0.3) is 0 Å². The van der Waals surface area contributed by atoms with Crippen molar-refractivity contribution in [2.24, 2.45) is 0 Å². The van der Waals surface area contributed by atoms with Gasteiger partial charge in [0.25, 0.3) is 5.91 Å². The van der Waals surface area contributed by atoms with E-state index in [1.54, 1.807) is 19.1 Å². The van der Waals surface area contributed by atoms with Gasteiger partial charge in [0.1, 0.15) is 11.5 Å². The number of aryl methyl sites for hydroxylation is 1. The van der Waals surface area contributed by atoms with Gasteiger partial charge >= 0.3 is 0 Å². The Labute approximate surface area is 131 Å². The quantitative estimate of drug-likeness (QED) is 0.823. The summed E-state index contributed by atoms with van der Waals surface area (Å²) in [4.78, 5) is 13.7. The molecule has 1 amide bonds. The van der Waals surface area contributed by atoms with Crippen LogP contribution in [0.4, 0.5) is 0 Å². The van der Waals surface area contributed by atoms with Gasteiger partial charge in [-0.15, -0.1) is 0 Å². The van der Waals surface area contributed by atoms with Crippen molar-refractivity contribution in [2.75, 3.05) is 20.8 Å². The Morgan fingerprint density at radius 2 is 1.59 bits per heavy atom. The molecule has 2 rings (SSSR count). The minimum Gasteiger partial charge on any atom is -0.497 e. The molecule has 4 heteroatoms. The highest BCUT2D eigenvalue weighted by Crippen LogP contribution is 2.14. The van der Waals surface area contributed by atoms with Crippen molar-refractivity contribution in [1.29, 1.82) is 0 Å². The van der Waals surface area contributed by atoms with Crippen molar-refractivity contribution in [1.82, 2.24) is 4.90 Å². The van der Waals surface area contributed by atoms with Crippen LogP contribution in [0, 0.1) is 6.92 Å². The monoisotopic (exact) mass is 299 g/mol. The Kier molecular flexibility index (Phi) is 5.42. The first-order valence-electron chi connectivity index (χ1n) is 7.15. The Morgan fingerprint density at radius 1 is 1.00 bits per heavy atom. The number of amides is 1. The fraction of sp³-hybridized carbons (Fsp3) is 0.278. The lowest BCUT2D eigenvalue weighted by Crippen LogP contribution is -2.30. The van der Waals surface area contributed by atoms with E-state index in [1.807, 2.05) is 55.5 Å². The summed E-state index contributed by atoms with van der Waals surface area (Å²) in [7, 11) is 3.40. The molecule has 0 radical (unpaired) electrons. The molecule has 0 aliphatic carbocycles. The average Bonchev–Trinajstić information content (AvgIpc) is 2.54. The Bertz CT molecular complexity index is 605. The number of rotatable bonds is 6. The number of carbonyl (C=O) groups is 1. The van der Waals surface area contributed by atoms with Crippen LogP contribution >= 0.6 is 0 Å². The van der Waals surface area contributed by atoms with Crippen LogP contribution in [0.5, 0.6) is 11.5 Å². The minimum absolute atomic E-state index is 0.0374. The van der Waals surface area contributed by atoms with Crippen LogP contribution in [0.3, 0.4) is 0 Å². The van der Waals surface area contributed by atoms with Gasteiger partial charge < -0.3 is 14.4 Å². The van der Waals surface area contributed by atoms with Gasteiger partial charge in [0.15, 0.2) is 6.61 Å². The topological polar surface area (TPSA) is 38.8 Å². The SMILES string of the molecule is COc1ccc(CN(C)C(=O)COc2ccc(C)cc2)cc1. The number of likely N-dealkylation sites (N-methyl/N-ethyl adjacent to an activating group) is 1. The summed E-state index contributed by atoms with van der Waals surface area (Å²) in [6, 6.07) is 15.3. The summed E-state index contributed by atoms with van der Waals surface area (Å²) in [5.74, 6) is 1.45. The molecular formula is C18H21NO3. The van der Waals surface area contributed by atoms with Crippen molar-refractivity contribution >= 4 is 5.91 Å². The molecule has 22 heavy (non-hydrogen) atoms. The van der Waals surface area contributed by atoms with Crippen molar-refractivity contribution < 1.29 is 14.3 Å². The maximum absolute atomic E-state index is 12.1. The molecule has 0 aliphatic rings. The van der Waals surface area contributed by atoms with E-state index in [4.69, 9.17) is 9.47 Å².